The van der Waals surface area contributed by atoms with Gasteiger partial charge in [0.2, 0.25) is 5.91 Å². The normalized spacial score (nSPS) is 40.4. The van der Waals surface area contributed by atoms with E-state index < -0.39 is 0 Å². The second-order valence-electron chi connectivity index (χ2n) is 5.72. The number of aliphatic hydroxyl groups excluding tert-OH is 1. The monoisotopic (exact) mass is 225 g/mol. The fourth-order valence-electron chi connectivity index (χ4n) is 3.09. The summed E-state index contributed by atoms with van der Waals surface area (Å²) in [6.45, 7) is 5.53. The molecule has 1 saturated heterocycles. The highest BCUT2D eigenvalue weighted by Crippen LogP contribution is 2.34. The summed E-state index contributed by atoms with van der Waals surface area (Å²) in [5, 5.41) is 9.12. The first kappa shape index (κ1) is 11.9. The molecule has 0 radical (unpaired) electrons. The Hall–Kier alpha value is -0.570. The molecule has 0 bridgehead atoms. The van der Waals surface area contributed by atoms with Crippen LogP contribution in [-0.2, 0) is 4.79 Å². The number of carbonyl (C=O) groups is 1. The summed E-state index contributed by atoms with van der Waals surface area (Å²) >= 11 is 0. The van der Waals surface area contributed by atoms with Crippen molar-refractivity contribution in [2.45, 2.75) is 45.6 Å². The van der Waals surface area contributed by atoms with Crippen LogP contribution in [-0.4, -0.2) is 35.1 Å². The minimum atomic E-state index is 0.154. The van der Waals surface area contributed by atoms with E-state index in [4.69, 9.17) is 5.11 Å². The molecule has 1 amide bonds. The van der Waals surface area contributed by atoms with Crippen molar-refractivity contribution < 1.29 is 9.90 Å². The van der Waals surface area contributed by atoms with Gasteiger partial charge >= 0.3 is 0 Å². The molecule has 3 heteroatoms. The van der Waals surface area contributed by atoms with Gasteiger partial charge in [0.1, 0.15) is 0 Å². The van der Waals surface area contributed by atoms with E-state index in [-0.39, 0.29) is 18.4 Å². The van der Waals surface area contributed by atoms with E-state index in [9.17, 15) is 4.79 Å². The zero-order valence-electron chi connectivity index (χ0n) is 10.4. The Labute approximate surface area is 97.8 Å². The van der Waals surface area contributed by atoms with Gasteiger partial charge in [0.25, 0.3) is 0 Å². The van der Waals surface area contributed by atoms with E-state index in [0.29, 0.717) is 12.5 Å². The third-order valence-electron chi connectivity index (χ3n) is 4.51. The summed E-state index contributed by atoms with van der Waals surface area (Å²) in [7, 11) is 0. The zero-order valence-corrected chi connectivity index (χ0v) is 10.4. The van der Waals surface area contributed by atoms with Gasteiger partial charge < -0.3 is 10.0 Å². The molecule has 0 aromatic carbocycles. The lowest BCUT2D eigenvalue weighted by Gasteiger charge is -2.37. The van der Waals surface area contributed by atoms with Gasteiger partial charge in [-0.15, -0.1) is 0 Å². The first-order chi connectivity index (χ1) is 7.61. The molecule has 2 rings (SSSR count). The molecule has 4 unspecified atom stereocenters. The van der Waals surface area contributed by atoms with Crippen molar-refractivity contribution in [2.24, 2.45) is 17.8 Å². The topological polar surface area (TPSA) is 40.5 Å². The van der Waals surface area contributed by atoms with E-state index in [1.54, 1.807) is 0 Å². The van der Waals surface area contributed by atoms with Crippen LogP contribution in [0.1, 0.15) is 39.5 Å². The lowest BCUT2D eigenvalue weighted by atomic mass is 9.78. The molecule has 4 atom stereocenters. The molecular weight excluding hydrogens is 202 g/mol. The van der Waals surface area contributed by atoms with Crippen molar-refractivity contribution in [3.8, 4) is 0 Å². The van der Waals surface area contributed by atoms with Crippen LogP contribution in [0.5, 0.6) is 0 Å². The molecule has 0 aromatic rings. The molecule has 1 N–H and O–H groups in total. The van der Waals surface area contributed by atoms with Gasteiger partial charge in [0, 0.05) is 31.5 Å². The molecule has 3 nitrogen and oxygen atoms in total. The summed E-state index contributed by atoms with van der Waals surface area (Å²) in [6, 6.07) is 0.440. The Kier molecular flexibility index (Phi) is 3.53. The Morgan fingerprint density at radius 3 is 2.62 bits per heavy atom. The Bertz CT molecular complexity index is 267. The van der Waals surface area contributed by atoms with Gasteiger partial charge in [-0.2, -0.15) is 0 Å². The third kappa shape index (κ3) is 2.24. The van der Waals surface area contributed by atoms with E-state index in [0.717, 1.165) is 31.2 Å². The SMILES string of the molecule is CC1CCC(N2CC(CO)CC2=O)CC1C. The number of aliphatic hydroxyl groups is 1. The maximum atomic E-state index is 11.8. The van der Waals surface area contributed by atoms with E-state index in [1.807, 2.05) is 4.90 Å². The molecule has 0 spiro atoms. The smallest absolute Gasteiger partial charge is 0.223 e. The van der Waals surface area contributed by atoms with Crippen molar-refractivity contribution in [3.63, 3.8) is 0 Å². The third-order valence-corrected chi connectivity index (χ3v) is 4.51. The number of hydrogen-bond donors (Lipinski definition) is 1. The molecule has 2 aliphatic rings. The molecule has 0 aromatic heterocycles. The van der Waals surface area contributed by atoms with Crippen molar-refractivity contribution >= 4 is 5.91 Å². The highest BCUT2D eigenvalue weighted by Gasteiger charge is 2.36. The highest BCUT2D eigenvalue weighted by atomic mass is 16.3. The maximum absolute atomic E-state index is 11.8. The predicted molar refractivity (Wildman–Crippen MR) is 62.9 cm³/mol. The van der Waals surface area contributed by atoms with Gasteiger partial charge in [-0.05, 0) is 31.1 Å². The van der Waals surface area contributed by atoms with E-state index in [1.165, 1.54) is 6.42 Å². The summed E-state index contributed by atoms with van der Waals surface area (Å²) in [6.07, 6.45) is 4.08. The van der Waals surface area contributed by atoms with Crippen LogP contribution in [0.25, 0.3) is 0 Å². The lowest BCUT2D eigenvalue weighted by Crippen LogP contribution is -2.41. The summed E-state index contributed by atoms with van der Waals surface area (Å²) in [5.74, 6) is 1.95. The van der Waals surface area contributed by atoms with Crippen LogP contribution in [0.15, 0.2) is 0 Å². The molecule has 16 heavy (non-hydrogen) atoms. The largest absolute Gasteiger partial charge is 0.396 e. The molecule has 1 aliphatic carbocycles. The Morgan fingerprint density at radius 1 is 1.31 bits per heavy atom. The highest BCUT2D eigenvalue weighted by molar-refractivity contribution is 5.79. The number of nitrogens with zero attached hydrogens (tertiary/aromatic N) is 1. The number of rotatable bonds is 2. The summed E-state index contributed by atoms with van der Waals surface area (Å²) in [5.41, 5.74) is 0. The van der Waals surface area contributed by atoms with Crippen LogP contribution < -0.4 is 0 Å². The summed E-state index contributed by atoms with van der Waals surface area (Å²) in [4.78, 5) is 13.9. The fourth-order valence-corrected chi connectivity index (χ4v) is 3.09. The Balaban J connectivity index is 1.95. The molecule has 2 fully saturated rings. The lowest BCUT2D eigenvalue weighted by molar-refractivity contribution is -0.130. The second kappa shape index (κ2) is 4.74. The van der Waals surface area contributed by atoms with Crippen LogP contribution >= 0.6 is 0 Å². The van der Waals surface area contributed by atoms with E-state index in [2.05, 4.69) is 13.8 Å². The number of likely N-dealkylation sites (tertiary alicyclic amines) is 1. The standard InChI is InChI=1S/C13H23NO2/c1-9-3-4-12(5-10(9)2)14-7-11(8-15)6-13(14)16/h9-12,15H,3-8H2,1-2H3. The maximum Gasteiger partial charge on any atom is 0.223 e. The summed E-state index contributed by atoms with van der Waals surface area (Å²) < 4.78 is 0. The zero-order chi connectivity index (χ0) is 11.7. The van der Waals surface area contributed by atoms with Crippen molar-refractivity contribution in [1.29, 1.82) is 0 Å². The average Bonchev–Trinajstić information content (AvgIpc) is 2.64. The molecule has 92 valence electrons. The fraction of sp³-hybridized carbons (Fsp3) is 0.923. The Morgan fingerprint density at radius 2 is 2.06 bits per heavy atom. The first-order valence-electron chi connectivity index (χ1n) is 6.52. The predicted octanol–water partition coefficient (Wildman–Crippen LogP) is 1.65. The number of amides is 1. The van der Waals surface area contributed by atoms with Gasteiger partial charge in [0.15, 0.2) is 0 Å². The molecule has 1 heterocycles. The van der Waals surface area contributed by atoms with Gasteiger partial charge in [0.05, 0.1) is 0 Å². The van der Waals surface area contributed by atoms with Gasteiger partial charge in [-0.25, -0.2) is 0 Å². The van der Waals surface area contributed by atoms with Crippen LogP contribution in [0.4, 0.5) is 0 Å². The molecule has 1 saturated carbocycles. The minimum Gasteiger partial charge on any atom is -0.396 e. The van der Waals surface area contributed by atoms with Gasteiger partial charge in [-0.3, -0.25) is 4.79 Å². The van der Waals surface area contributed by atoms with E-state index >= 15 is 0 Å². The van der Waals surface area contributed by atoms with Crippen LogP contribution in [0.3, 0.4) is 0 Å². The number of carbonyl (C=O) groups excluding carboxylic acids is 1. The van der Waals surface area contributed by atoms with Crippen molar-refractivity contribution in [2.75, 3.05) is 13.2 Å². The van der Waals surface area contributed by atoms with Crippen molar-refractivity contribution in [1.82, 2.24) is 4.90 Å². The van der Waals surface area contributed by atoms with Crippen LogP contribution in [0.2, 0.25) is 0 Å². The average molecular weight is 225 g/mol. The number of hydrogen-bond acceptors (Lipinski definition) is 2. The first-order valence-corrected chi connectivity index (χ1v) is 6.52. The quantitative estimate of drug-likeness (QED) is 0.776. The minimum absolute atomic E-state index is 0.154. The van der Waals surface area contributed by atoms with Crippen molar-refractivity contribution in [3.05, 3.63) is 0 Å². The molecular formula is C13H23NO2. The van der Waals surface area contributed by atoms with Gasteiger partial charge in [-0.1, -0.05) is 13.8 Å². The molecule has 1 aliphatic heterocycles. The second-order valence-corrected chi connectivity index (χ2v) is 5.72. The van der Waals surface area contributed by atoms with Crippen LogP contribution in [0, 0.1) is 17.8 Å².